The van der Waals surface area contributed by atoms with E-state index in [9.17, 15) is 0 Å². The lowest BCUT2D eigenvalue weighted by Crippen LogP contribution is -2.10. The Balaban J connectivity index is 2.39. The van der Waals surface area contributed by atoms with Gasteiger partial charge in [-0.1, -0.05) is 45.0 Å². The molecule has 0 unspecified atom stereocenters. The smallest absolute Gasteiger partial charge is 0.191 e. The second kappa shape index (κ2) is 4.02. The van der Waals surface area contributed by atoms with E-state index in [1.165, 1.54) is 5.56 Å². The second-order valence-corrected chi connectivity index (χ2v) is 5.47. The quantitative estimate of drug-likeness (QED) is 0.730. The van der Waals surface area contributed by atoms with Crippen LogP contribution in [0.1, 0.15) is 38.0 Å². The number of nitrogens with zero attached hydrogens (tertiary/aromatic N) is 1. The molecule has 2 heteroatoms. The Morgan fingerprint density at radius 3 is 2.00 bits per heavy atom. The fourth-order valence-electron chi connectivity index (χ4n) is 1.92. The molecular weight excluding hydrogens is 210 g/mol. The summed E-state index contributed by atoms with van der Waals surface area (Å²) in [5.41, 5.74) is 3.59. The molecule has 0 amide bonds. The number of hydrogen-bond acceptors (Lipinski definition) is 2. The lowest BCUT2D eigenvalue weighted by Gasteiger charge is -2.18. The highest BCUT2D eigenvalue weighted by atomic mass is 16.4. The Morgan fingerprint density at radius 2 is 1.59 bits per heavy atom. The summed E-state index contributed by atoms with van der Waals surface area (Å²) in [6.07, 6.45) is 0. The molecule has 0 aliphatic carbocycles. The predicted octanol–water partition coefficient (Wildman–Crippen LogP) is 4.26. The molecule has 1 heterocycles. The van der Waals surface area contributed by atoms with Crippen LogP contribution in [0.15, 0.2) is 28.7 Å². The zero-order chi connectivity index (χ0) is 12.6. The van der Waals surface area contributed by atoms with Gasteiger partial charge in [-0.25, -0.2) is 4.98 Å². The van der Waals surface area contributed by atoms with Crippen LogP contribution in [0.2, 0.25) is 0 Å². The predicted molar refractivity (Wildman–Crippen MR) is 70.1 cm³/mol. The molecule has 17 heavy (non-hydrogen) atoms. The molecule has 0 fully saturated rings. The van der Waals surface area contributed by atoms with E-state index in [1.54, 1.807) is 0 Å². The summed E-state index contributed by atoms with van der Waals surface area (Å²) in [4.78, 5) is 4.41. The highest BCUT2D eigenvalue weighted by molar-refractivity contribution is 5.61. The van der Waals surface area contributed by atoms with Gasteiger partial charge in [0, 0.05) is 12.5 Å². The molecule has 1 aromatic carbocycles. The van der Waals surface area contributed by atoms with Crippen LogP contribution in [0.5, 0.6) is 0 Å². The molecule has 2 aromatic rings. The molecule has 0 radical (unpaired) electrons. The monoisotopic (exact) mass is 229 g/mol. The fourth-order valence-corrected chi connectivity index (χ4v) is 1.92. The summed E-state index contributed by atoms with van der Waals surface area (Å²) in [7, 11) is 0. The Kier molecular flexibility index (Phi) is 2.82. The third-order valence-electron chi connectivity index (χ3n) is 2.93. The SMILES string of the molecule is Cc1nc(-c2ccc(C(C)(C)C)cc2)c(C)o1. The minimum Gasteiger partial charge on any atom is -0.446 e. The first kappa shape index (κ1) is 11.9. The summed E-state index contributed by atoms with van der Waals surface area (Å²) in [5.74, 6) is 1.60. The minimum absolute atomic E-state index is 0.188. The summed E-state index contributed by atoms with van der Waals surface area (Å²) in [6, 6.07) is 8.56. The van der Waals surface area contributed by atoms with Crippen molar-refractivity contribution in [3.05, 3.63) is 41.5 Å². The fraction of sp³-hybridized carbons (Fsp3) is 0.400. The van der Waals surface area contributed by atoms with Crippen molar-refractivity contribution in [2.45, 2.75) is 40.0 Å². The normalized spacial score (nSPS) is 11.8. The summed E-state index contributed by atoms with van der Waals surface area (Å²) in [5, 5.41) is 0. The van der Waals surface area contributed by atoms with Crippen LogP contribution in [0.25, 0.3) is 11.3 Å². The van der Waals surface area contributed by atoms with Crippen LogP contribution in [-0.4, -0.2) is 4.98 Å². The Hall–Kier alpha value is -1.57. The molecule has 0 atom stereocenters. The van der Waals surface area contributed by atoms with Crippen molar-refractivity contribution < 1.29 is 4.42 Å². The van der Waals surface area contributed by atoms with Gasteiger partial charge in [0.15, 0.2) is 5.89 Å². The Morgan fingerprint density at radius 1 is 1.00 bits per heavy atom. The average Bonchev–Trinajstić information content (AvgIpc) is 2.57. The maximum absolute atomic E-state index is 5.46. The molecule has 0 spiro atoms. The van der Waals surface area contributed by atoms with Gasteiger partial charge in [0.05, 0.1) is 0 Å². The largest absolute Gasteiger partial charge is 0.446 e. The van der Waals surface area contributed by atoms with Gasteiger partial charge >= 0.3 is 0 Å². The molecule has 2 rings (SSSR count). The van der Waals surface area contributed by atoms with E-state index in [0.717, 1.165) is 22.9 Å². The van der Waals surface area contributed by atoms with Crippen LogP contribution >= 0.6 is 0 Å². The van der Waals surface area contributed by atoms with Crippen LogP contribution in [0.4, 0.5) is 0 Å². The molecule has 0 aliphatic heterocycles. The first-order valence-corrected chi connectivity index (χ1v) is 5.93. The van der Waals surface area contributed by atoms with Gasteiger partial charge < -0.3 is 4.42 Å². The molecule has 0 bridgehead atoms. The van der Waals surface area contributed by atoms with E-state index in [0.29, 0.717) is 0 Å². The van der Waals surface area contributed by atoms with E-state index in [1.807, 2.05) is 13.8 Å². The van der Waals surface area contributed by atoms with E-state index in [4.69, 9.17) is 4.42 Å². The number of aryl methyl sites for hydroxylation is 2. The molecule has 2 nitrogen and oxygen atoms in total. The maximum Gasteiger partial charge on any atom is 0.191 e. The Labute approximate surface area is 103 Å². The molecule has 0 saturated heterocycles. The first-order valence-electron chi connectivity index (χ1n) is 5.93. The van der Waals surface area contributed by atoms with Crippen molar-refractivity contribution in [1.82, 2.24) is 4.98 Å². The van der Waals surface area contributed by atoms with E-state index in [-0.39, 0.29) is 5.41 Å². The minimum atomic E-state index is 0.188. The number of rotatable bonds is 1. The van der Waals surface area contributed by atoms with Crippen molar-refractivity contribution in [3.63, 3.8) is 0 Å². The van der Waals surface area contributed by atoms with Gasteiger partial charge in [-0.15, -0.1) is 0 Å². The van der Waals surface area contributed by atoms with E-state index >= 15 is 0 Å². The topological polar surface area (TPSA) is 26.0 Å². The van der Waals surface area contributed by atoms with E-state index in [2.05, 4.69) is 50.0 Å². The highest BCUT2D eigenvalue weighted by Gasteiger charge is 2.14. The third kappa shape index (κ3) is 2.41. The maximum atomic E-state index is 5.46. The van der Waals surface area contributed by atoms with Crippen LogP contribution in [-0.2, 0) is 5.41 Å². The number of oxazole rings is 1. The summed E-state index contributed by atoms with van der Waals surface area (Å²) in [6.45, 7) is 10.5. The van der Waals surface area contributed by atoms with Gasteiger partial charge in [0.2, 0.25) is 0 Å². The molecule has 0 saturated carbocycles. The van der Waals surface area contributed by atoms with Crippen LogP contribution in [0, 0.1) is 13.8 Å². The van der Waals surface area contributed by atoms with Crippen LogP contribution < -0.4 is 0 Å². The lowest BCUT2D eigenvalue weighted by molar-refractivity contribution is 0.495. The third-order valence-corrected chi connectivity index (χ3v) is 2.93. The van der Waals surface area contributed by atoms with Gasteiger partial charge in [-0.2, -0.15) is 0 Å². The average molecular weight is 229 g/mol. The summed E-state index contributed by atoms with van der Waals surface area (Å²) < 4.78 is 5.46. The number of hydrogen-bond donors (Lipinski definition) is 0. The van der Waals surface area contributed by atoms with Crippen molar-refractivity contribution in [2.75, 3.05) is 0 Å². The second-order valence-electron chi connectivity index (χ2n) is 5.47. The molecular formula is C15H19NO. The van der Waals surface area contributed by atoms with Gasteiger partial charge in [-0.3, -0.25) is 0 Å². The van der Waals surface area contributed by atoms with Crippen molar-refractivity contribution in [3.8, 4) is 11.3 Å². The molecule has 0 N–H and O–H groups in total. The zero-order valence-electron chi connectivity index (χ0n) is 11.2. The first-order chi connectivity index (χ1) is 7.88. The van der Waals surface area contributed by atoms with Gasteiger partial charge in [-0.05, 0) is 17.9 Å². The highest BCUT2D eigenvalue weighted by Crippen LogP contribution is 2.27. The van der Waals surface area contributed by atoms with Gasteiger partial charge in [0.25, 0.3) is 0 Å². The standard InChI is InChI=1S/C15H19NO/c1-10-14(16-11(2)17-10)12-6-8-13(9-7-12)15(3,4)5/h6-9H,1-5H3. The van der Waals surface area contributed by atoms with Gasteiger partial charge in [0.1, 0.15) is 11.5 Å². The zero-order valence-corrected chi connectivity index (χ0v) is 11.2. The molecule has 90 valence electrons. The van der Waals surface area contributed by atoms with E-state index < -0.39 is 0 Å². The van der Waals surface area contributed by atoms with Crippen LogP contribution in [0.3, 0.4) is 0 Å². The number of benzene rings is 1. The van der Waals surface area contributed by atoms with Crippen molar-refractivity contribution >= 4 is 0 Å². The lowest BCUT2D eigenvalue weighted by atomic mass is 9.86. The van der Waals surface area contributed by atoms with Crippen molar-refractivity contribution in [2.24, 2.45) is 0 Å². The molecule has 0 aliphatic rings. The Bertz CT molecular complexity index is 515. The van der Waals surface area contributed by atoms with Crippen molar-refractivity contribution in [1.29, 1.82) is 0 Å². The number of aromatic nitrogens is 1. The molecule has 1 aromatic heterocycles. The summed E-state index contributed by atoms with van der Waals surface area (Å²) >= 11 is 0.